The highest BCUT2D eigenvalue weighted by Crippen LogP contribution is 2.18. The zero-order chi connectivity index (χ0) is 12.3. The van der Waals surface area contributed by atoms with E-state index in [9.17, 15) is 14.0 Å². The molecule has 0 bridgehead atoms. The van der Waals surface area contributed by atoms with Gasteiger partial charge in [-0.15, -0.1) is 11.6 Å². The van der Waals surface area contributed by atoms with E-state index in [-0.39, 0.29) is 10.6 Å². The molecule has 16 heavy (non-hydrogen) atoms. The molecule has 0 aliphatic heterocycles. The first-order valence-electron chi connectivity index (χ1n) is 4.18. The average molecular weight is 265 g/mol. The lowest BCUT2D eigenvalue weighted by molar-refractivity contribution is -0.139. The summed E-state index contributed by atoms with van der Waals surface area (Å²) in [5.74, 6) is -2.61. The van der Waals surface area contributed by atoms with Crippen LogP contribution in [0, 0.1) is 5.82 Å². The lowest BCUT2D eigenvalue weighted by Gasteiger charge is -2.07. The van der Waals surface area contributed by atoms with Crippen LogP contribution in [0.25, 0.3) is 0 Å². The smallest absolute Gasteiger partial charge is 0.331 e. The predicted molar refractivity (Wildman–Crippen MR) is 57.4 cm³/mol. The Labute approximate surface area is 101 Å². The predicted octanol–water partition coefficient (Wildman–Crippen LogP) is 2.44. The first-order chi connectivity index (χ1) is 7.47. The lowest BCUT2D eigenvalue weighted by Crippen LogP contribution is -2.26. The van der Waals surface area contributed by atoms with Crippen LogP contribution in [0.4, 0.5) is 4.39 Å². The van der Waals surface area contributed by atoms with Crippen LogP contribution in [0.5, 0.6) is 0 Å². The van der Waals surface area contributed by atoms with Gasteiger partial charge in [0.2, 0.25) is 0 Å². The molecule has 1 unspecified atom stereocenters. The molecule has 0 amide bonds. The van der Waals surface area contributed by atoms with E-state index in [4.69, 9.17) is 23.2 Å². The van der Waals surface area contributed by atoms with E-state index in [1.54, 1.807) is 0 Å². The Bertz CT molecular complexity index is 434. The maximum Gasteiger partial charge on any atom is 0.331 e. The van der Waals surface area contributed by atoms with Gasteiger partial charge in [-0.25, -0.2) is 9.18 Å². The van der Waals surface area contributed by atoms with E-state index in [1.165, 1.54) is 6.07 Å². The molecular formula is C10H7Cl2FO3. The van der Waals surface area contributed by atoms with E-state index in [0.717, 1.165) is 19.2 Å². The van der Waals surface area contributed by atoms with Crippen molar-refractivity contribution in [2.24, 2.45) is 0 Å². The van der Waals surface area contributed by atoms with Crippen LogP contribution in [0.2, 0.25) is 5.02 Å². The van der Waals surface area contributed by atoms with Crippen LogP contribution in [0.15, 0.2) is 18.2 Å². The van der Waals surface area contributed by atoms with Crippen molar-refractivity contribution in [2.75, 3.05) is 7.11 Å². The number of rotatable bonds is 3. The van der Waals surface area contributed by atoms with Crippen LogP contribution < -0.4 is 0 Å². The monoisotopic (exact) mass is 264 g/mol. The fourth-order valence-electron chi connectivity index (χ4n) is 1.03. The van der Waals surface area contributed by atoms with Gasteiger partial charge in [0.05, 0.1) is 12.7 Å². The van der Waals surface area contributed by atoms with Crippen LogP contribution in [-0.2, 0) is 9.53 Å². The first kappa shape index (κ1) is 12.9. The number of alkyl halides is 1. The van der Waals surface area contributed by atoms with Gasteiger partial charge in [-0.1, -0.05) is 11.6 Å². The van der Waals surface area contributed by atoms with Gasteiger partial charge < -0.3 is 4.74 Å². The summed E-state index contributed by atoms with van der Waals surface area (Å²) in [6, 6.07) is 3.42. The molecule has 1 atom stereocenters. The van der Waals surface area contributed by atoms with Crippen molar-refractivity contribution in [3.8, 4) is 0 Å². The number of ether oxygens (including phenoxy) is 1. The van der Waals surface area contributed by atoms with Gasteiger partial charge in [-0.3, -0.25) is 4.79 Å². The van der Waals surface area contributed by atoms with Crippen LogP contribution in [0.1, 0.15) is 10.4 Å². The van der Waals surface area contributed by atoms with Crippen LogP contribution in [-0.4, -0.2) is 24.2 Å². The Hall–Kier alpha value is -1.13. The maximum atomic E-state index is 13.3. The van der Waals surface area contributed by atoms with Gasteiger partial charge in [-0.05, 0) is 18.2 Å². The molecule has 0 radical (unpaired) electrons. The van der Waals surface area contributed by atoms with Crippen molar-refractivity contribution in [2.45, 2.75) is 5.38 Å². The molecule has 0 N–H and O–H groups in total. The SMILES string of the molecule is COC(=O)C(Cl)C(=O)c1cc(Cl)ccc1F. The second-order valence-corrected chi connectivity index (χ2v) is 3.75. The molecule has 1 aromatic carbocycles. The summed E-state index contributed by atoms with van der Waals surface area (Å²) in [6.07, 6.45) is 0. The van der Waals surface area contributed by atoms with Crippen molar-refractivity contribution in [1.82, 2.24) is 0 Å². The minimum absolute atomic E-state index is 0.179. The molecule has 0 aliphatic rings. The van der Waals surface area contributed by atoms with Gasteiger partial charge in [0.1, 0.15) is 5.82 Å². The number of esters is 1. The number of hydrogen-bond donors (Lipinski definition) is 0. The number of ketones is 1. The van der Waals surface area contributed by atoms with E-state index in [0.29, 0.717) is 0 Å². The van der Waals surface area contributed by atoms with Crippen molar-refractivity contribution in [1.29, 1.82) is 0 Å². The van der Waals surface area contributed by atoms with E-state index in [1.807, 2.05) is 0 Å². The fraction of sp³-hybridized carbons (Fsp3) is 0.200. The van der Waals surface area contributed by atoms with E-state index >= 15 is 0 Å². The molecule has 0 aliphatic carbocycles. The molecule has 6 heteroatoms. The summed E-state index contributed by atoms with van der Waals surface area (Å²) >= 11 is 11.1. The minimum Gasteiger partial charge on any atom is -0.468 e. The first-order valence-corrected chi connectivity index (χ1v) is 5.00. The molecule has 1 aromatic rings. The third-order valence-electron chi connectivity index (χ3n) is 1.83. The van der Waals surface area contributed by atoms with Gasteiger partial charge >= 0.3 is 5.97 Å². The Balaban J connectivity index is 3.05. The van der Waals surface area contributed by atoms with Crippen LogP contribution >= 0.6 is 23.2 Å². The Morgan fingerprint density at radius 2 is 2.06 bits per heavy atom. The standard InChI is InChI=1S/C10H7Cl2FO3/c1-16-10(15)8(12)9(14)6-4-5(11)2-3-7(6)13/h2-4,8H,1H3. The Morgan fingerprint density at radius 3 is 2.62 bits per heavy atom. The topological polar surface area (TPSA) is 43.4 Å². The molecule has 0 heterocycles. The average Bonchev–Trinajstić information content (AvgIpc) is 2.29. The lowest BCUT2D eigenvalue weighted by atomic mass is 10.1. The Morgan fingerprint density at radius 1 is 1.44 bits per heavy atom. The van der Waals surface area contributed by atoms with Crippen molar-refractivity contribution < 1.29 is 18.7 Å². The molecule has 0 saturated heterocycles. The highest BCUT2D eigenvalue weighted by Gasteiger charge is 2.28. The van der Waals surface area contributed by atoms with Crippen LogP contribution in [0.3, 0.4) is 0 Å². The second kappa shape index (κ2) is 5.27. The highest BCUT2D eigenvalue weighted by atomic mass is 35.5. The minimum atomic E-state index is -1.57. The number of methoxy groups -OCH3 is 1. The summed E-state index contributed by atoms with van der Waals surface area (Å²) in [4.78, 5) is 22.6. The zero-order valence-corrected chi connectivity index (χ0v) is 9.68. The molecular weight excluding hydrogens is 258 g/mol. The molecule has 0 aromatic heterocycles. The maximum absolute atomic E-state index is 13.3. The molecule has 86 valence electrons. The molecule has 0 saturated carbocycles. The summed E-state index contributed by atoms with van der Waals surface area (Å²) in [5.41, 5.74) is -0.335. The summed E-state index contributed by atoms with van der Waals surface area (Å²) in [7, 11) is 1.08. The largest absolute Gasteiger partial charge is 0.468 e. The zero-order valence-electron chi connectivity index (χ0n) is 8.17. The van der Waals surface area contributed by atoms with Crippen molar-refractivity contribution in [3.63, 3.8) is 0 Å². The van der Waals surface area contributed by atoms with Gasteiger partial charge in [0.25, 0.3) is 0 Å². The molecule has 0 fully saturated rings. The van der Waals surface area contributed by atoms with Crippen molar-refractivity contribution >= 4 is 35.0 Å². The number of carbonyl (C=O) groups excluding carboxylic acids is 2. The molecule has 3 nitrogen and oxygen atoms in total. The number of benzene rings is 1. The van der Waals surface area contributed by atoms with E-state index < -0.39 is 22.9 Å². The van der Waals surface area contributed by atoms with Gasteiger partial charge in [0, 0.05) is 5.02 Å². The quantitative estimate of drug-likeness (QED) is 0.365. The number of halogens is 3. The number of carbonyl (C=O) groups is 2. The fourth-order valence-corrected chi connectivity index (χ4v) is 1.41. The van der Waals surface area contributed by atoms with E-state index in [2.05, 4.69) is 4.74 Å². The van der Waals surface area contributed by atoms with Crippen molar-refractivity contribution in [3.05, 3.63) is 34.6 Å². The van der Waals surface area contributed by atoms with Gasteiger partial charge in [0.15, 0.2) is 11.2 Å². The molecule has 0 spiro atoms. The number of hydrogen-bond acceptors (Lipinski definition) is 3. The normalized spacial score (nSPS) is 12.0. The summed E-state index contributed by atoms with van der Waals surface area (Å²) in [6.45, 7) is 0. The third kappa shape index (κ3) is 2.71. The van der Waals surface area contributed by atoms with Gasteiger partial charge in [-0.2, -0.15) is 0 Å². The second-order valence-electron chi connectivity index (χ2n) is 2.87. The third-order valence-corrected chi connectivity index (χ3v) is 2.44. The number of Topliss-reactive ketones (excluding diaryl/α,β-unsaturated/α-hetero) is 1. The summed E-state index contributed by atoms with van der Waals surface area (Å²) in [5, 5.41) is -1.39. The summed E-state index contributed by atoms with van der Waals surface area (Å²) < 4.78 is 17.5. The molecule has 1 rings (SSSR count). The highest BCUT2D eigenvalue weighted by molar-refractivity contribution is 6.43. The Kier molecular flexibility index (Phi) is 4.26.